The predicted molar refractivity (Wildman–Crippen MR) is 81.1 cm³/mol. The second-order valence-corrected chi connectivity index (χ2v) is 7.70. The molecule has 5 nitrogen and oxygen atoms in total. The van der Waals surface area contributed by atoms with Crippen molar-refractivity contribution in [1.82, 2.24) is 4.31 Å². The number of carboxylic acid groups (broad SMARTS) is 1. The SMILES string of the molecule is CC(c1ccccc1)N(C)S(=O)(=O)c1cc(C(=O)O)cs1. The van der Waals surface area contributed by atoms with E-state index in [1.54, 1.807) is 6.92 Å². The van der Waals surface area contributed by atoms with Crippen molar-refractivity contribution in [3.05, 3.63) is 52.9 Å². The van der Waals surface area contributed by atoms with Crippen LogP contribution in [0.1, 0.15) is 28.9 Å². The summed E-state index contributed by atoms with van der Waals surface area (Å²) >= 11 is 0.915. The van der Waals surface area contributed by atoms with Crippen LogP contribution in [-0.2, 0) is 10.0 Å². The lowest BCUT2D eigenvalue weighted by Crippen LogP contribution is -2.29. The Bertz CT molecular complexity index is 737. The highest BCUT2D eigenvalue weighted by Crippen LogP contribution is 2.29. The monoisotopic (exact) mass is 325 g/mol. The Morgan fingerprint density at radius 2 is 1.90 bits per heavy atom. The van der Waals surface area contributed by atoms with E-state index in [4.69, 9.17) is 5.11 Å². The van der Waals surface area contributed by atoms with Crippen molar-refractivity contribution in [2.75, 3.05) is 7.05 Å². The molecule has 0 aliphatic heterocycles. The zero-order chi connectivity index (χ0) is 15.6. The smallest absolute Gasteiger partial charge is 0.336 e. The van der Waals surface area contributed by atoms with Crippen LogP contribution in [0, 0.1) is 0 Å². The van der Waals surface area contributed by atoms with E-state index in [1.165, 1.54) is 22.8 Å². The number of sulfonamides is 1. The summed E-state index contributed by atoms with van der Waals surface area (Å²) < 4.78 is 26.3. The first-order valence-electron chi connectivity index (χ1n) is 6.19. The van der Waals surface area contributed by atoms with Crippen LogP contribution in [0.5, 0.6) is 0 Å². The van der Waals surface area contributed by atoms with E-state index in [9.17, 15) is 13.2 Å². The molecular weight excluding hydrogens is 310 g/mol. The van der Waals surface area contributed by atoms with Gasteiger partial charge in [-0.1, -0.05) is 30.3 Å². The first-order chi connectivity index (χ1) is 9.84. The second-order valence-electron chi connectivity index (χ2n) is 4.57. The molecule has 2 rings (SSSR count). The summed E-state index contributed by atoms with van der Waals surface area (Å²) in [6.07, 6.45) is 0. The molecule has 0 fully saturated rings. The standard InChI is InChI=1S/C14H15NO4S2/c1-10(11-6-4-3-5-7-11)15(2)21(18,19)13-8-12(9-20-13)14(16)17/h3-10H,1-2H3,(H,16,17). The Labute approximate surface area is 127 Å². The Hall–Kier alpha value is -1.70. The van der Waals surface area contributed by atoms with Gasteiger partial charge in [0.1, 0.15) is 4.21 Å². The summed E-state index contributed by atoms with van der Waals surface area (Å²) in [6.45, 7) is 1.79. The molecule has 1 atom stereocenters. The highest BCUT2D eigenvalue weighted by molar-refractivity contribution is 7.91. The van der Waals surface area contributed by atoms with Gasteiger partial charge in [-0.05, 0) is 18.6 Å². The first kappa shape index (κ1) is 15.7. The lowest BCUT2D eigenvalue weighted by atomic mass is 10.1. The minimum Gasteiger partial charge on any atom is -0.478 e. The number of nitrogens with zero attached hydrogens (tertiary/aromatic N) is 1. The van der Waals surface area contributed by atoms with Crippen LogP contribution < -0.4 is 0 Å². The van der Waals surface area contributed by atoms with Crippen LogP contribution >= 0.6 is 11.3 Å². The Morgan fingerprint density at radius 1 is 1.29 bits per heavy atom. The van der Waals surface area contributed by atoms with E-state index in [0.717, 1.165) is 16.9 Å². The topological polar surface area (TPSA) is 74.7 Å². The molecule has 1 N–H and O–H groups in total. The van der Waals surface area contributed by atoms with E-state index in [1.807, 2.05) is 30.3 Å². The fourth-order valence-corrected chi connectivity index (χ4v) is 4.54. The van der Waals surface area contributed by atoms with Gasteiger partial charge in [-0.25, -0.2) is 13.2 Å². The Balaban J connectivity index is 2.32. The van der Waals surface area contributed by atoms with Crippen molar-refractivity contribution in [3.8, 4) is 0 Å². The summed E-state index contributed by atoms with van der Waals surface area (Å²) in [5.41, 5.74) is 0.859. The maximum atomic E-state index is 12.5. The van der Waals surface area contributed by atoms with Crippen molar-refractivity contribution in [2.45, 2.75) is 17.2 Å². The van der Waals surface area contributed by atoms with E-state index >= 15 is 0 Å². The van der Waals surface area contributed by atoms with Gasteiger partial charge < -0.3 is 5.11 Å². The van der Waals surface area contributed by atoms with E-state index < -0.39 is 16.0 Å². The molecule has 0 spiro atoms. The lowest BCUT2D eigenvalue weighted by molar-refractivity contribution is 0.0697. The number of thiophene rings is 1. The van der Waals surface area contributed by atoms with Gasteiger partial charge in [0.2, 0.25) is 0 Å². The zero-order valence-corrected chi connectivity index (χ0v) is 13.2. The van der Waals surface area contributed by atoms with Crippen LogP contribution in [0.15, 0.2) is 46.0 Å². The summed E-state index contributed by atoms with van der Waals surface area (Å²) in [5.74, 6) is -1.13. The Kier molecular flexibility index (Phi) is 4.46. The normalized spacial score (nSPS) is 13.3. The molecule has 0 bridgehead atoms. The molecule has 1 aromatic carbocycles. The molecule has 0 aliphatic rings. The third-order valence-electron chi connectivity index (χ3n) is 3.28. The molecule has 0 aliphatic carbocycles. The number of hydrogen-bond donors (Lipinski definition) is 1. The van der Waals surface area contributed by atoms with E-state index in [2.05, 4.69) is 0 Å². The largest absolute Gasteiger partial charge is 0.478 e. The fourth-order valence-electron chi connectivity index (χ4n) is 1.86. The van der Waals surface area contributed by atoms with E-state index in [-0.39, 0.29) is 15.8 Å². The number of hydrogen-bond acceptors (Lipinski definition) is 4. The average molecular weight is 325 g/mol. The van der Waals surface area contributed by atoms with Crippen molar-refractivity contribution < 1.29 is 18.3 Å². The van der Waals surface area contributed by atoms with Crippen LogP contribution in [0.25, 0.3) is 0 Å². The van der Waals surface area contributed by atoms with E-state index in [0.29, 0.717) is 0 Å². The molecular formula is C14H15NO4S2. The molecule has 1 aromatic heterocycles. The maximum Gasteiger partial charge on any atom is 0.336 e. The van der Waals surface area contributed by atoms with Gasteiger partial charge in [-0.2, -0.15) is 4.31 Å². The van der Waals surface area contributed by atoms with Crippen molar-refractivity contribution in [2.24, 2.45) is 0 Å². The third-order valence-corrected chi connectivity index (χ3v) is 6.63. The summed E-state index contributed by atoms with van der Waals surface area (Å²) in [7, 11) is -2.22. The van der Waals surface area contributed by atoms with Gasteiger partial charge in [-0.3, -0.25) is 0 Å². The molecule has 7 heteroatoms. The predicted octanol–water partition coefficient (Wildman–Crippen LogP) is 2.83. The summed E-state index contributed by atoms with van der Waals surface area (Å²) in [5, 5.41) is 10.2. The molecule has 0 amide bonds. The van der Waals surface area contributed by atoms with Crippen LogP contribution in [-0.4, -0.2) is 30.8 Å². The number of benzene rings is 1. The highest BCUT2D eigenvalue weighted by atomic mass is 32.2. The van der Waals surface area contributed by atoms with Crippen LogP contribution in [0.4, 0.5) is 0 Å². The van der Waals surface area contributed by atoms with Gasteiger partial charge in [0.25, 0.3) is 10.0 Å². The lowest BCUT2D eigenvalue weighted by Gasteiger charge is -2.23. The number of carbonyl (C=O) groups is 1. The molecule has 1 unspecified atom stereocenters. The second kappa shape index (κ2) is 5.97. The minimum atomic E-state index is -3.71. The summed E-state index contributed by atoms with van der Waals surface area (Å²) in [6, 6.07) is 10.1. The summed E-state index contributed by atoms with van der Waals surface area (Å²) in [4.78, 5) is 10.9. The van der Waals surface area contributed by atoms with Gasteiger partial charge in [-0.15, -0.1) is 11.3 Å². The van der Waals surface area contributed by atoms with Crippen molar-refractivity contribution in [1.29, 1.82) is 0 Å². The van der Waals surface area contributed by atoms with Crippen molar-refractivity contribution >= 4 is 27.3 Å². The fraction of sp³-hybridized carbons (Fsp3) is 0.214. The van der Waals surface area contributed by atoms with Gasteiger partial charge in [0.15, 0.2) is 0 Å². The van der Waals surface area contributed by atoms with Crippen molar-refractivity contribution in [3.63, 3.8) is 0 Å². The first-order valence-corrected chi connectivity index (χ1v) is 8.51. The minimum absolute atomic E-state index is 0.0145. The molecule has 112 valence electrons. The quantitative estimate of drug-likeness (QED) is 0.917. The third kappa shape index (κ3) is 3.15. The molecule has 0 radical (unpaired) electrons. The van der Waals surface area contributed by atoms with Gasteiger partial charge >= 0.3 is 5.97 Å². The van der Waals surface area contributed by atoms with Gasteiger partial charge in [0, 0.05) is 18.5 Å². The average Bonchev–Trinajstić information content (AvgIpc) is 2.97. The molecule has 0 saturated carbocycles. The maximum absolute atomic E-state index is 12.5. The molecule has 21 heavy (non-hydrogen) atoms. The molecule has 1 heterocycles. The number of rotatable bonds is 5. The molecule has 0 saturated heterocycles. The number of aromatic carboxylic acids is 1. The molecule has 2 aromatic rings. The van der Waals surface area contributed by atoms with Crippen LogP contribution in [0.2, 0.25) is 0 Å². The number of carboxylic acids is 1. The van der Waals surface area contributed by atoms with Crippen LogP contribution in [0.3, 0.4) is 0 Å². The highest BCUT2D eigenvalue weighted by Gasteiger charge is 2.28. The van der Waals surface area contributed by atoms with Gasteiger partial charge in [0.05, 0.1) is 5.56 Å². The zero-order valence-electron chi connectivity index (χ0n) is 11.6. The Morgan fingerprint density at radius 3 is 2.43 bits per heavy atom.